The number of rotatable bonds is 3. The van der Waals surface area contributed by atoms with Crippen LogP contribution in [0.4, 0.5) is 0 Å². The molecule has 0 bridgehead atoms. The molecule has 2 rings (SSSR count). The maximum atomic E-state index is 9.40. The van der Waals surface area contributed by atoms with Crippen molar-refractivity contribution in [2.24, 2.45) is 0 Å². The maximum Gasteiger partial charge on any atom is 0.254 e. The number of nitrogens with zero attached hydrogens (tertiary/aromatic N) is 1. The van der Waals surface area contributed by atoms with Crippen molar-refractivity contribution in [3.63, 3.8) is 0 Å². The average Bonchev–Trinajstić information content (AvgIpc) is 2.34. The largest absolute Gasteiger partial charge is 0.503 e. The first kappa shape index (κ1) is 11.5. The normalized spacial score (nSPS) is 12.3. The summed E-state index contributed by atoms with van der Waals surface area (Å²) in [7, 11) is 0. The van der Waals surface area contributed by atoms with Gasteiger partial charge in [0, 0.05) is 6.20 Å². The minimum Gasteiger partial charge on any atom is -0.503 e. The molecule has 1 atom stereocenters. The Bertz CT molecular complexity index is 497. The van der Waals surface area contributed by atoms with Crippen LogP contribution in [-0.2, 0) is 6.42 Å². The van der Waals surface area contributed by atoms with Gasteiger partial charge in [-0.05, 0) is 29.5 Å². The van der Waals surface area contributed by atoms with Gasteiger partial charge in [0.2, 0.25) is 0 Å². The van der Waals surface area contributed by atoms with Crippen molar-refractivity contribution in [1.29, 1.82) is 0 Å². The van der Waals surface area contributed by atoms with Crippen molar-refractivity contribution in [3.8, 4) is 11.6 Å². The topological polar surface area (TPSA) is 53.4 Å². The van der Waals surface area contributed by atoms with E-state index in [-0.39, 0.29) is 17.5 Å². The Morgan fingerprint density at radius 2 is 1.88 bits per heavy atom. The molecule has 1 unspecified atom stereocenters. The zero-order valence-corrected chi connectivity index (χ0v) is 9.67. The molecule has 1 aromatic carbocycles. The van der Waals surface area contributed by atoms with Crippen LogP contribution < -0.4 is 0 Å². The molecule has 2 N–H and O–H groups in total. The van der Waals surface area contributed by atoms with Crippen LogP contribution in [0.2, 0.25) is 0 Å². The summed E-state index contributed by atoms with van der Waals surface area (Å²) >= 11 is 0. The van der Waals surface area contributed by atoms with E-state index in [2.05, 4.69) is 24.0 Å². The molecule has 0 spiro atoms. The van der Waals surface area contributed by atoms with E-state index < -0.39 is 0 Å². The summed E-state index contributed by atoms with van der Waals surface area (Å²) in [5.41, 5.74) is 2.16. The van der Waals surface area contributed by atoms with E-state index in [0.717, 1.165) is 12.0 Å². The molecule has 0 aliphatic rings. The first-order valence-corrected chi connectivity index (χ1v) is 5.58. The lowest BCUT2D eigenvalue weighted by Gasteiger charge is -2.12. The fraction of sp³-hybridized carbons (Fsp3) is 0.214. The molecule has 0 aliphatic heterocycles. The lowest BCUT2D eigenvalue weighted by Crippen LogP contribution is -1.99. The van der Waals surface area contributed by atoms with Gasteiger partial charge >= 0.3 is 0 Å². The van der Waals surface area contributed by atoms with Crippen LogP contribution in [0.1, 0.15) is 24.0 Å². The van der Waals surface area contributed by atoms with Gasteiger partial charge in [-0.3, -0.25) is 0 Å². The fourth-order valence-corrected chi connectivity index (χ4v) is 1.82. The van der Waals surface area contributed by atoms with Crippen molar-refractivity contribution < 1.29 is 10.2 Å². The van der Waals surface area contributed by atoms with Crippen LogP contribution >= 0.6 is 0 Å². The van der Waals surface area contributed by atoms with Crippen molar-refractivity contribution in [2.45, 2.75) is 19.3 Å². The minimum absolute atomic E-state index is 0.164. The van der Waals surface area contributed by atoms with Gasteiger partial charge in [0.1, 0.15) is 0 Å². The Kier molecular flexibility index (Phi) is 3.28. The molecule has 88 valence electrons. The van der Waals surface area contributed by atoms with Gasteiger partial charge in [0.05, 0.1) is 0 Å². The highest BCUT2D eigenvalue weighted by atomic mass is 16.3. The Morgan fingerprint density at radius 3 is 2.53 bits per heavy atom. The average molecular weight is 229 g/mol. The second-order valence-corrected chi connectivity index (χ2v) is 4.20. The van der Waals surface area contributed by atoms with Gasteiger partial charge in [-0.2, -0.15) is 0 Å². The Hall–Kier alpha value is -2.03. The van der Waals surface area contributed by atoms with E-state index in [1.165, 1.54) is 5.56 Å². The van der Waals surface area contributed by atoms with Crippen LogP contribution in [0, 0.1) is 0 Å². The van der Waals surface area contributed by atoms with Gasteiger partial charge in [-0.1, -0.05) is 37.3 Å². The summed E-state index contributed by atoms with van der Waals surface area (Å²) in [6.45, 7) is 2.07. The molecule has 0 aliphatic carbocycles. The Balaban J connectivity index is 2.14. The van der Waals surface area contributed by atoms with Crippen molar-refractivity contribution in [2.75, 3.05) is 0 Å². The molecular weight excluding hydrogens is 214 g/mol. The van der Waals surface area contributed by atoms with Gasteiger partial charge in [-0.15, -0.1) is 0 Å². The van der Waals surface area contributed by atoms with E-state index in [1.807, 2.05) is 18.2 Å². The summed E-state index contributed by atoms with van der Waals surface area (Å²) in [6.07, 6.45) is 2.48. The Morgan fingerprint density at radius 1 is 1.18 bits per heavy atom. The van der Waals surface area contributed by atoms with E-state index in [4.69, 9.17) is 5.11 Å². The third-order valence-corrected chi connectivity index (χ3v) is 2.82. The first-order valence-electron chi connectivity index (χ1n) is 5.58. The van der Waals surface area contributed by atoms with Crippen LogP contribution in [-0.4, -0.2) is 15.2 Å². The molecule has 0 radical (unpaired) electrons. The fourth-order valence-electron chi connectivity index (χ4n) is 1.82. The SMILES string of the molecule is CC(Cc1ccccc1)c1cnc(O)c(O)c1. The van der Waals surface area contributed by atoms with Gasteiger partial charge < -0.3 is 10.2 Å². The minimum atomic E-state index is -0.319. The van der Waals surface area contributed by atoms with Crippen LogP contribution in [0.5, 0.6) is 11.6 Å². The van der Waals surface area contributed by atoms with Crippen molar-refractivity contribution in [1.82, 2.24) is 4.98 Å². The highest BCUT2D eigenvalue weighted by Gasteiger charge is 2.10. The van der Waals surface area contributed by atoms with Gasteiger partial charge in [0.15, 0.2) is 5.75 Å². The van der Waals surface area contributed by atoms with Crippen LogP contribution in [0.15, 0.2) is 42.6 Å². The second kappa shape index (κ2) is 4.87. The van der Waals surface area contributed by atoms with Crippen molar-refractivity contribution >= 4 is 0 Å². The molecule has 0 fully saturated rings. The highest BCUT2D eigenvalue weighted by Crippen LogP contribution is 2.27. The summed E-state index contributed by atoms with van der Waals surface area (Å²) in [4.78, 5) is 3.75. The van der Waals surface area contributed by atoms with E-state index in [1.54, 1.807) is 12.3 Å². The molecule has 1 heterocycles. The highest BCUT2D eigenvalue weighted by molar-refractivity contribution is 5.35. The Labute approximate surface area is 100 Å². The third kappa shape index (κ3) is 2.75. The third-order valence-electron chi connectivity index (χ3n) is 2.82. The summed E-state index contributed by atoms with van der Waals surface area (Å²) in [5.74, 6) is -0.237. The first-order chi connectivity index (χ1) is 8.16. The zero-order chi connectivity index (χ0) is 12.3. The smallest absolute Gasteiger partial charge is 0.254 e. The number of aromatic nitrogens is 1. The summed E-state index contributed by atoms with van der Waals surface area (Å²) < 4.78 is 0. The summed E-state index contributed by atoms with van der Waals surface area (Å²) in [5, 5.41) is 18.6. The lowest BCUT2D eigenvalue weighted by molar-refractivity contribution is 0.387. The molecule has 3 nitrogen and oxygen atoms in total. The molecule has 0 amide bonds. The molecule has 3 heteroatoms. The quantitative estimate of drug-likeness (QED) is 0.850. The number of aromatic hydroxyl groups is 2. The molecule has 1 aromatic heterocycles. The predicted octanol–water partition coefficient (Wildman–Crippen LogP) is 2.84. The van der Waals surface area contributed by atoms with Crippen LogP contribution in [0.3, 0.4) is 0 Å². The molecule has 0 saturated carbocycles. The van der Waals surface area contributed by atoms with Gasteiger partial charge in [0.25, 0.3) is 5.88 Å². The maximum absolute atomic E-state index is 9.40. The molecule has 17 heavy (non-hydrogen) atoms. The number of hydrogen-bond acceptors (Lipinski definition) is 3. The van der Waals surface area contributed by atoms with E-state index in [9.17, 15) is 5.11 Å². The zero-order valence-electron chi connectivity index (χ0n) is 9.67. The number of pyridine rings is 1. The summed E-state index contributed by atoms with van der Waals surface area (Å²) in [6, 6.07) is 11.7. The van der Waals surface area contributed by atoms with E-state index in [0.29, 0.717) is 0 Å². The van der Waals surface area contributed by atoms with Crippen LogP contribution in [0.25, 0.3) is 0 Å². The standard InChI is InChI=1S/C14H15NO2/c1-10(7-11-5-3-2-4-6-11)12-8-13(16)14(17)15-9-12/h2-6,8-10,16H,7H2,1H3,(H,15,17). The second-order valence-electron chi connectivity index (χ2n) is 4.20. The van der Waals surface area contributed by atoms with Gasteiger partial charge in [-0.25, -0.2) is 4.98 Å². The number of hydrogen-bond donors (Lipinski definition) is 2. The number of benzene rings is 1. The van der Waals surface area contributed by atoms with E-state index >= 15 is 0 Å². The lowest BCUT2D eigenvalue weighted by atomic mass is 9.95. The molecule has 2 aromatic rings. The predicted molar refractivity (Wildman–Crippen MR) is 66.1 cm³/mol. The van der Waals surface area contributed by atoms with Crippen molar-refractivity contribution in [3.05, 3.63) is 53.7 Å². The molecular formula is C14H15NO2. The monoisotopic (exact) mass is 229 g/mol. The molecule has 0 saturated heterocycles.